The van der Waals surface area contributed by atoms with E-state index in [0.717, 1.165) is 0 Å². The highest BCUT2D eigenvalue weighted by Gasteiger charge is 2.13. The Bertz CT molecular complexity index is 370. The number of carbonyl (C=O) groups is 1. The van der Waals surface area contributed by atoms with E-state index in [1.807, 2.05) is 0 Å². The molecule has 0 saturated carbocycles. The Labute approximate surface area is 92.0 Å². The summed E-state index contributed by atoms with van der Waals surface area (Å²) < 4.78 is 17.3. The molecule has 1 rings (SSSR count). The van der Waals surface area contributed by atoms with Crippen molar-refractivity contribution in [3.8, 4) is 0 Å². The van der Waals surface area contributed by atoms with Crippen LogP contribution in [0, 0.1) is 5.82 Å². The molecule has 0 aliphatic heterocycles. The smallest absolute Gasteiger partial charge is 0.307 e. The molecule has 3 nitrogen and oxygen atoms in total. The molecule has 1 unspecified atom stereocenters. The number of halogens is 2. The summed E-state index contributed by atoms with van der Waals surface area (Å²) in [5.74, 6) is -0.923. The first-order chi connectivity index (χ1) is 7.04. The van der Waals surface area contributed by atoms with Crippen molar-refractivity contribution in [1.82, 2.24) is 0 Å². The van der Waals surface area contributed by atoms with E-state index in [4.69, 9.17) is 17.3 Å². The van der Waals surface area contributed by atoms with Crippen LogP contribution < -0.4 is 5.73 Å². The van der Waals surface area contributed by atoms with Gasteiger partial charge in [-0.3, -0.25) is 4.79 Å². The van der Waals surface area contributed by atoms with Crippen LogP contribution in [0.5, 0.6) is 0 Å². The van der Waals surface area contributed by atoms with Gasteiger partial charge in [-0.25, -0.2) is 4.39 Å². The molecule has 0 spiro atoms. The first-order valence-corrected chi connectivity index (χ1v) is 4.69. The number of nitrogens with two attached hydrogens (primary N) is 1. The van der Waals surface area contributed by atoms with Gasteiger partial charge in [0.2, 0.25) is 0 Å². The number of ether oxygens (including phenoxy) is 1. The predicted octanol–water partition coefficient (Wildman–Crippen LogP) is 2.04. The summed E-state index contributed by atoms with van der Waals surface area (Å²) >= 11 is 5.58. The minimum atomic E-state index is -0.532. The Morgan fingerprint density at radius 1 is 1.67 bits per heavy atom. The van der Waals surface area contributed by atoms with Crippen LogP contribution in [0.25, 0.3) is 0 Å². The molecule has 0 fully saturated rings. The zero-order chi connectivity index (χ0) is 11.4. The largest absolute Gasteiger partial charge is 0.469 e. The number of carbonyl (C=O) groups excluding carboxylic acids is 1. The highest BCUT2D eigenvalue weighted by Crippen LogP contribution is 2.21. The molecule has 0 amide bonds. The highest BCUT2D eigenvalue weighted by molar-refractivity contribution is 6.30. The SMILES string of the molecule is COC(=O)CC(N)c1ccc(F)c(Cl)c1. The molecule has 5 heteroatoms. The van der Waals surface area contributed by atoms with Gasteiger partial charge >= 0.3 is 5.97 Å². The molecule has 0 heterocycles. The number of rotatable bonds is 3. The van der Waals surface area contributed by atoms with Crippen molar-refractivity contribution >= 4 is 17.6 Å². The van der Waals surface area contributed by atoms with Crippen LogP contribution in [0.15, 0.2) is 18.2 Å². The summed E-state index contributed by atoms with van der Waals surface area (Å²) in [5.41, 5.74) is 6.31. The molecule has 1 atom stereocenters. The third-order valence-electron chi connectivity index (χ3n) is 1.99. The van der Waals surface area contributed by atoms with E-state index in [1.54, 1.807) is 0 Å². The summed E-state index contributed by atoms with van der Waals surface area (Å²) in [6.45, 7) is 0. The Hall–Kier alpha value is -1.13. The monoisotopic (exact) mass is 231 g/mol. The molecular formula is C10H11ClFNO2. The van der Waals surface area contributed by atoms with Crippen LogP contribution in [0.2, 0.25) is 5.02 Å². The summed E-state index contributed by atoms with van der Waals surface area (Å²) in [4.78, 5) is 10.9. The summed E-state index contributed by atoms with van der Waals surface area (Å²) in [6, 6.07) is 3.59. The second kappa shape index (κ2) is 5.09. The van der Waals surface area contributed by atoms with E-state index in [-0.39, 0.29) is 11.4 Å². The number of benzene rings is 1. The fraction of sp³-hybridized carbons (Fsp3) is 0.300. The lowest BCUT2D eigenvalue weighted by molar-refractivity contribution is -0.141. The third-order valence-corrected chi connectivity index (χ3v) is 2.28. The van der Waals surface area contributed by atoms with Gasteiger partial charge < -0.3 is 10.5 Å². The van der Waals surface area contributed by atoms with E-state index in [2.05, 4.69) is 4.74 Å². The lowest BCUT2D eigenvalue weighted by Crippen LogP contribution is -2.16. The molecular weight excluding hydrogens is 221 g/mol. The van der Waals surface area contributed by atoms with Gasteiger partial charge in [-0.05, 0) is 17.7 Å². The average molecular weight is 232 g/mol. The van der Waals surface area contributed by atoms with Gasteiger partial charge in [0.15, 0.2) is 0 Å². The van der Waals surface area contributed by atoms with Crippen molar-refractivity contribution < 1.29 is 13.9 Å². The van der Waals surface area contributed by atoms with E-state index in [9.17, 15) is 9.18 Å². The summed E-state index contributed by atoms with van der Waals surface area (Å²) in [5, 5.41) is -0.00665. The quantitative estimate of drug-likeness (QED) is 0.810. The zero-order valence-corrected chi connectivity index (χ0v) is 8.92. The average Bonchev–Trinajstić information content (AvgIpc) is 2.21. The Balaban J connectivity index is 2.78. The van der Waals surface area contributed by atoms with E-state index >= 15 is 0 Å². The molecule has 0 aliphatic carbocycles. The van der Waals surface area contributed by atoms with Crippen molar-refractivity contribution in [3.63, 3.8) is 0 Å². The van der Waals surface area contributed by atoms with Crippen LogP contribution in [0.3, 0.4) is 0 Å². The third kappa shape index (κ3) is 3.18. The molecule has 1 aromatic carbocycles. The molecule has 15 heavy (non-hydrogen) atoms. The van der Waals surface area contributed by atoms with Crippen molar-refractivity contribution in [2.45, 2.75) is 12.5 Å². The Morgan fingerprint density at radius 3 is 2.87 bits per heavy atom. The van der Waals surface area contributed by atoms with Crippen LogP contribution in [0.4, 0.5) is 4.39 Å². The Kier molecular flexibility index (Phi) is 4.05. The molecule has 0 saturated heterocycles. The van der Waals surface area contributed by atoms with Gasteiger partial charge in [-0.15, -0.1) is 0 Å². The maximum Gasteiger partial charge on any atom is 0.307 e. The van der Waals surface area contributed by atoms with Gasteiger partial charge in [-0.1, -0.05) is 17.7 Å². The standard InChI is InChI=1S/C10H11ClFNO2/c1-15-10(14)5-9(13)6-2-3-8(12)7(11)4-6/h2-4,9H,5,13H2,1H3. The maximum atomic E-state index is 12.8. The van der Waals surface area contributed by atoms with E-state index < -0.39 is 17.8 Å². The second-order valence-corrected chi connectivity index (χ2v) is 3.47. The first-order valence-electron chi connectivity index (χ1n) is 4.32. The predicted molar refractivity (Wildman–Crippen MR) is 55.0 cm³/mol. The van der Waals surface area contributed by atoms with Crippen molar-refractivity contribution in [2.75, 3.05) is 7.11 Å². The van der Waals surface area contributed by atoms with Crippen LogP contribution in [-0.2, 0) is 9.53 Å². The molecule has 0 aromatic heterocycles. The minimum Gasteiger partial charge on any atom is -0.469 e. The molecule has 1 aromatic rings. The number of hydrogen-bond donors (Lipinski definition) is 1. The van der Waals surface area contributed by atoms with Crippen LogP contribution in [-0.4, -0.2) is 13.1 Å². The fourth-order valence-corrected chi connectivity index (χ4v) is 1.31. The first kappa shape index (κ1) is 11.9. The number of hydrogen-bond acceptors (Lipinski definition) is 3. The normalized spacial score (nSPS) is 12.3. The van der Waals surface area contributed by atoms with E-state index in [0.29, 0.717) is 5.56 Å². The molecule has 2 N–H and O–H groups in total. The van der Waals surface area contributed by atoms with E-state index in [1.165, 1.54) is 25.3 Å². The lowest BCUT2D eigenvalue weighted by atomic mass is 10.1. The van der Waals surface area contributed by atoms with Gasteiger partial charge in [0.1, 0.15) is 5.82 Å². The van der Waals surface area contributed by atoms with Gasteiger partial charge in [0, 0.05) is 6.04 Å². The van der Waals surface area contributed by atoms with Crippen LogP contribution in [0.1, 0.15) is 18.0 Å². The molecule has 0 radical (unpaired) electrons. The maximum absolute atomic E-state index is 12.8. The summed E-state index contributed by atoms with van der Waals surface area (Å²) in [6.07, 6.45) is 0.0401. The molecule has 0 aliphatic rings. The highest BCUT2D eigenvalue weighted by atomic mass is 35.5. The van der Waals surface area contributed by atoms with Gasteiger partial charge in [0.25, 0.3) is 0 Å². The molecule has 82 valence electrons. The minimum absolute atomic E-state index is 0.00665. The van der Waals surface area contributed by atoms with Crippen molar-refractivity contribution in [1.29, 1.82) is 0 Å². The topological polar surface area (TPSA) is 52.3 Å². The van der Waals surface area contributed by atoms with Gasteiger partial charge in [-0.2, -0.15) is 0 Å². The van der Waals surface area contributed by atoms with Crippen LogP contribution >= 0.6 is 11.6 Å². The second-order valence-electron chi connectivity index (χ2n) is 3.06. The zero-order valence-electron chi connectivity index (χ0n) is 8.17. The van der Waals surface area contributed by atoms with Crippen molar-refractivity contribution in [3.05, 3.63) is 34.6 Å². The van der Waals surface area contributed by atoms with Crippen molar-refractivity contribution in [2.24, 2.45) is 5.73 Å². The fourth-order valence-electron chi connectivity index (χ4n) is 1.12. The Morgan fingerprint density at radius 2 is 2.33 bits per heavy atom. The molecule has 0 bridgehead atoms. The number of methoxy groups -OCH3 is 1. The summed E-state index contributed by atoms with van der Waals surface area (Å²) in [7, 11) is 1.28. The van der Waals surface area contributed by atoms with Gasteiger partial charge in [0.05, 0.1) is 18.6 Å². The number of esters is 1. The lowest BCUT2D eigenvalue weighted by Gasteiger charge is -2.10.